The van der Waals surface area contributed by atoms with Crippen molar-refractivity contribution in [2.45, 2.75) is 57.3 Å². The Morgan fingerprint density at radius 2 is 1.70 bits per heavy atom. The van der Waals surface area contributed by atoms with E-state index in [9.17, 15) is 22.8 Å². The predicted octanol–water partition coefficient (Wildman–Crippen LogP) is 6.54. The monoisotopic (exact) mass is 549 g/mol. The lowest BCUT2D eigenvalue weighted by Crippen LogP contribution is -2.39. The van der Waals surface area contributed by atoms with Crippen molar-refractivity contribution in [2.75, 3.05) is 0 Å². The fourth-order valence-corrected chi connectivity index (χ4v) is 5.25. The number of hydrogen-bond acceptors (Lipinski definition) is 4. The molecule has 2 aromatic heterocycles. The van der Waals surface area contributed by atoms with Gasteiger partial charge in [-0.15, -0.1) is 0 Å². The molecule has 0 bridgehead atoms. The van der Waals surface area contributed by atoms with Gasteiger partial charge in [-0.3, -0.25) is 9.59 Å². The van der Waals surface area contributed by atoms with E-state index in [2.05, 4.69) is 10.4 Å². The lowest BCUT2D eigenvalue weighted by molar-refractivity contribution is -0.154. The number of amides is 1. The van der Waals surface area contributed by atoms with Gasteiger partial charge in [0.1, 0.15) is 6.10 Å². The maximum Gasteiger partial charge on any atom is 0.416 e. The van der Waals surface area contributed by atoms with E-state index in [4.69, 9.17) is 4.74 Å². The molecule has 1 aliphatic carbocycles. The van der Waals surface area contributed by atoms with Crippen LogP contribution in [0.3, 0.4) is 0 Å². The molecule has 0 aliphatic heterocycles. The minimum absolute atomic E-state index is 0.0832. The Balaban J connectivity index is 1.21. The summed E-state index contributed by atoms with van der Waals surface area (Å²) in [5.41, 5.74) is 2.74. The number of aromatic nitrogens is 2. The molecule has 2 heterocycles. The fourth-order valence-electron chi connectivity index (χ4n) is 5.25. The Kier molecular flexibility index (Phi) is 7.91. The van der Waals surface area contributed by atoms with Gasteiger partial charge in [0.2, 0.25) is 0 Å². The molecule has 6 nitrogen and oxygen atoms in total. The number of fused-ring (bicyclic) bond motifs is 1. The quantitative estimate of drug-likeness (QED) is 0.266. The van der Waals surface area contributed by atoms with Crippen LogP contribution in [0, 0.1) is 5.92 Å². The summed E-state index contributed by atoms with van der Waals surface area (Å²) < 4.78 is 46.1. The highest BCUT2D eigenvalue weighted by Gasteiger charge is 2.31. The average molecular weight is 550 g/mol. The molecule has 0 unspecified atom stereocenters. The van der Waals surface area contributed by atoms with E-state index in [-0.39, 0.29) is 29.9 Å². The number of alkyl halides is 3. The van der Waals surface area contributed by atoms with Crippen LogP contribution >= 0.6 is 0 Å². The van der Waals surface area contributed by atoms with Gasteiger partial charge < -0.3 is 10.1 Å². The lowest BCUT2D eigenvalue weighted by atomic mass is 9.86. The number of carbonyl (C=O) groups is 2. The molecule has 1 aliphatic rings. The summed E-state index contributed by atoms with van der Waals surface area (Å²) in [6.07, 6.45) is 1.44. The van der Waals surface area contributed by atoms with Crippen molar-refractivity contribution in [1.82, 2.24) is 14.9 Å². The van der Waals surface area contributed by atoms with Crippen molar-refractivity contribution in [3.05, 3.63) is 107 Å². The van der Waals surface area contributed by atoms with Gasteiger partial charge in [0.15, 0.2) is 0 Å². The van der Waals surface area contributed by atoms with E-state index in [1.807, 2.05) is 43.3 Å². The van der Waals surface area contributed by atoms with Gasteiger partial charge in [0.25, 0.3) is 5.91 Å². The van der Waals surface area contributed by atoms with Crippen LogP contribution in [-0.4, -0.2) is 27.5 Å². The molecule has 4 aromatic rings. The highest BCUT2D eigenvalue weighted by atomic mass is 19.4. The van der Waals surface area contributed by atoms with Crippen LogP contribution in [0.5, 0.6) is 0 Å². The van der Waals surface area contributed by atoms with Crippen molar-refractivity contribution in [3.8, 4) is 0 Å². The molecule has 0 saturated heterocycles. The Morgan fingerprint density at radius 3 is 2.38 bits per heavy atom. The highest BCUT2D eigenvalue weighted by molar-refractivity contribution is 6.01. The van der Waals surface area contributed by atoms with Gasteiger partial charge in [0, 0.05) is 12.2 Å². The summed E-state index contributed by atoms with van der Waals surface area (Å²) in [4.78, 5) is 26.0. The minimum atomic E-state index is -4.39. The molecule has 9 heteroatoms. The van der Waals surface area contributed by atoms with E-state index < -0.39 is 11.7 Å². The number of ether oxygens (including phenoxy) is 1. The van der Waals surface area contributed by atoms with Gasteiger partial charge in [-0.05, 0) is 73.9 Å². The van der Waals surface area contributed by atoms with Crippen LogP contribution < -0.4 is 5.32 Å². The van der Waals surface area contributed by atoms with E-state index in [0.717, 1.165) is 23.3 Å². The van der Waals surface area contributed by atoms with Crippen molar-refractivity contribution in [3.63, 3.8) is 0 Å². The summed E-state index contributed by atoms with van der Waals surface area (Å²) >= 11 is 0. The van der Waals surface area contributed by atoms with Crippen LogP contribution in [0.25, 0.3) is 5.52 Å². The normalized spacial score (nSPS) is 18.3. The van der Waals surface area contributed by atoms with Crippen molar-refractivity contribution >= 4 is 17.4 Å². The molecule has 208 valence electrons. The molecule has 1 fully saturated rings. The summed E-state index contributed by atoms with van der Waals surface area (Å²) in [7, 11) is 0. The lowest BCUT2D eigenvalue weighted by Gasteiger charge is -2.28. The van der Waals surface area contributed by atoms with E-state index >= 15 is 0 Å². The van der Waals surface area contributed by atoms with Gasteiger partial charge >= 0.3 is 12.1 Å². The molecule has 0 radical (unpaired) electrons. The minimum Gasteiger partial charge on any atom is -0.458 e. The largest absolute Gasteiger partial charge is 0.458 e. The summed E-state index contributed by atoms with van der Waals surface area (Å²) in [5, 5.41) is 7.40. The first-order chi connectivity index (χ1) is 19.2. The Bertz CT molecular complexity index is 1470. The van der Waals surface area contributed by atoms with Crippen LogP contribution in [0.4, 0.5) is 13.2 Å². The fraction of sp³-hybridized carbons (Fsp3) is 0.323. The molecule has 2 aromatic carbocycles. The van der Waals surface area contributed by atoms with Crippen molar-refractivity contribution in [1.29, 1.82) is 0 Å². The van der Waals surface area contributed by atoms with Gasteiger partial charge in [-0.25, -0.2) is 4.52 Å². The molecule has 1 amide bonds. The zero-order valence-electron chi connectivity index (χ0n) is 22.0. The predicted molar refractivity (Wildman–Crippen MR) is 144 cm³/mol. The summed E-state index contributed by atoms with van der Waals surface area (Å²) in [6, 6.07) is 18.2. The molecule has 1 atom stereocenters. The van der Waals surface area contributed by atoms with E-state index in [1.165, 1.54) is 18.3 Å². The first-order valence-corrected chi connectivity index (χ1v) is 13.4. The third kappa shape index (κ3) is 6.19. The van der Waals surface area contributed by atoms with Crippen LogP contribution in [0.1, 0.15) is 71.3 Å². The Morgan fingerprint density at radius 1 is 1.00 bits per heavy atom. The number of halogens is 3. The van der Waals surface area contributed by atoms with E-state index in [0.29, 0.717) is 48.7 Å². The smallest absolute Gasteiger partial charge is 0.416 e. The van der Waals surface area contributed by atoms with Crippen molar-refractivity contribution < 1.29 is 27.5 Å². The summed E-state index contributed by atoms with van der Waals surface area (Å²) in [5.74, 6) is -0.679. The molecule has 1 saturated carbocycles. The standard InChI is InChI=1S/C31H30F3N3O3/c1-20(22-6-3-2-4-7-22)40-30(39)23-11-15-26(16-12-23)36-29(38)27-19-35-37-17-5-8-24(28(27)37)18-21-9-13-25(14-10-21)31(32,33)34/h2-10,13-14,17,19-20,23,26H,11-12,15-16,18H2,1H3,(H,36,38)/t20-,23-,26-/m0/s1. The van der Waals surface area contributed by atoms with Crippen LogP contribution in [0.2, 0.25) is 0 Å². The zero-order chi connectivity index (χ0) is 28.3. The molecule has 1 N–H and O–H groups in total. The van der Waals surface area contributed by atoms with E-state index in [1.54, 1.807) is 16.8 Å². The number of esters is 1. The maximum atomic E-state index is 13.3. The van der Waals surface area contributed by atoms with Gasteiger partial charge in [-0.1, -0.05) is 48.5 Å². The average Bonchev–Trinajstić information content (AvgIpc) is 3.39. The molecule has 0 spiro atoms. The SMILES string of the molecule is C[C@H](OC(=O)[C@H]1CC[C@H](NC(=O)c2cnn3cccc(Cc4ccc(C(F)(F)F)cc4)c23)CC1)c1ccccc1. The zero-order valence-corrected chi connectivity index (χ0v) is 22.0. The van der Waals surface area contributed by atoms with Crippen LogP contribution in [0.15, 0.2) is 79.1 Å². The highest BCUT2D eigenvalue weighted by Crippen LogP contribution is 2.31. The number of benzene rings is 2. The Hall–Kier alpha value is -4.14. The second-order valence-corrected chi connectivity index (χ2v) is 10.3. The molecule has 40 heavy (non-hydrogen) atoms. The molecular weight excluding hydrogens is 519 g/mol. The number of nitrogens with zero attached hydrogens (tertiary/aromatic N) is 2. The molecular formula is C31H30F3N3O3. The second kappa shape index (κ2) is 11.5. The van der Waals surface area contributed by atoms with Crippen molar-refractivity contribution in [2.24, 2.45) is 5.92 Å². The first-order valence-electron chi connectivity index (χ1n) is 13.4. The first kappa shape index (κ1) is 27.4. The second-order valence-electron chi connectivity index (χ2n) is 10.3. The number of hydrogen-bond donors (Lipinski definition) is 1. The van der Waals surface area contributed by atoms with Crippen LogP contribution in [-0.2, 0) is 22.1 Å². The number of rotatable bonds is 7. The summed E-state index contributed by atoms with van der Waals surface area (Å²) in [6.45, 7) is 1.86. The molecule has 5 rings (SSSR count). The topological polar surface area (TPSA) is 72.7 Å². The third-order valence-electron chi connectivity index (χ3n) is 7.50. The number of nitrogens with one attached hydrogen (secondary N) is 1. The Labute approximate surface area is 230 Å². The number of carbonyl (C=O) groups excluding carboxylic acids is 2. The van der Waals surface area contributed by atoms with Gasteiger partial charge in [-0.2, -0.15) is 18.3 Å². The third-order valence-corrected chi connectivity index (χ3v) is 7.50. The van der Waals surface area contributed by atoms with Gasteiger partial charge in [0.05, 0.1) is 28.8 Å². The maximum absolute atomic E-state index is 13.3. The number of pyridine rings is 1.